The zero-order valence-electron chi connectivity index (χ0n) is 11.5. The number of hydrogen-bond acceptors (Lipinski definition) is 3. The molecule has 3 nitrogen and oxygen atoms in total. The summed E-state index contributed by atoms with van der Waals surface area (Å²) >= 11 is 7.19. The van der Waals surface area contributed by atoms with E-state index in [0.717, 1.165) is 17.1 Å². The fourth-order valence-electron chi connectivity index (χ4n) is 2.11. The summed E-state index contributed by atoms with van der Waals surface area (Å²) in [6.07, 6.45) is 0. The zero-order chi connectivity index (χ0) is 15.5. The Kier molecular flexibility index (Phi) is 4.22. The summed E-state index contributed by atoms with van der Waals surface area (Å²) in [7, 11) is 0. The molecule has 0 aliphatic heterocycles. The molecular formula is C17H12ClNO2S. The minimum absolute atomic E-state index is 0.00483. The highest BCUT2D eigenvalue weighted by Crippen LogP contribution is 2.22. The monoisotopic (exact) mass is 329 g/mol. The number of hydrogen-bond donors (Lipinski definition) is 0. The van der Waals surface area contributed by atoms with Crippen LogP contribution in [0.5, 0.6) is 0 Å². The van der Waals surface area contributed by atoms with Gasteiger partial charge in [-0.2, -0.15) is 0 Å². The normalized spacial score (nSPS) is 10.6. The molecule has 5 heteroatoms. The highest BCUT2D eigenvalue weighted by atomic mass is 35.5. The average Bonchev–Trinajstić information content (AvgIpc) is 2.84. The molecule has 0 fully saturated rings. The van der Waals surface area contributed by atoms with E-state index in [4.69, 9.17) is 11.6 Å². The summed E-state index contributed by atoms with van der Waals surface area (Å²) in [5.41, 5.74) is 1.19. The number of rotatable bonds is 4. The second-order valence-electron chi connectivity index (χ2n) is 4.76. The fourth-order valence-corrected chi connectivity index (χ4v) is 3.43. The Balaban J connectivity index is 1.96. The fraction of sp³-hybridized carbons (Fsp3) is 0.0588. The van der Waals surface area contributed by atoms with Crippen molar-refractivity contribution >= 4 is 28.9 Å². The van der Waals surface area contributed by atoms with Crippen LogP contribution < -0.4 is 5.56 Å². The van der Waals surface area contributed by atoms with Crippen LogP contribution in [0, 0.1) is 0 Å². The lowest BCUT2D eigenvalue weighted by Gasteiger charge is -2.00. The van der Waals surface area contributed by atoms with Crippen LogP contribution in [0.4, 0.5) is 0 Å². The summed E-state index contributed by atoms with van der Waals surface area (Å²) in [4.78, 5) is 25.0. The Labute approximate surface area is 136 Å². The van der Waals surface area contributed by atoms with Crippen molar-refractivity contribution in [1.29, 1.82) is 0 Å². The second kappa shape index (κ2) is 6.30. The average molecular weight is 330 g/mol. The molecule has 0 saturated carbocycles. The van der Waals surface area contributed by atoms with Gasteiger partial charge in [0.25, 0.3) is 5.56 Å². The lowest BCUT2D eigenvalue weighted by molar-refractivity contribution is 0.104. The van der Waals surface area contributed by atoms with Crippen LogP contribution in [0.1, 0.15) is 20.8 Å². The van der Waals surface area contributed by atoms with Gasteiger partial charge in [-0.05, 0) is 5.56 Å². The first-order chi connectivity index (χ1) is 10.7. The molecule has 0 radical (unpaired) electrons. The van der Waals surface area contributed by atoms with E-state index in [-0.39, 0.29) is 21.2 Å². The maximum Gasteiger partial charge on any atom is 0.280 e. The van der Waals surface area contributed by atoms with Crippen molar-refractivity contribution < 1.29 is 4.79 Å². The van der Waals surface area contributed by atoms with Crippen molar-refractivity contribution in [2.24, 2.45) is 0 Å². The molecule has 1 heterocycles. The molecule has 0 amide bonds. The number of carbonyl (C=O) groups excluding carboxylic acids is 1. The molecule has 0 N–H and O–H groups in total. The minimum atomic E-state index is -0.324. The zero-order valence-corrected chi connectivity index (χ0v) is 13.1. The molecule has 2 aromatic carbocycles. The Morgan fingerprint density at radius 2 is 1.59 bits per heavy atom. The summed E-state index contributed by atoms with van der Waals surface area (Å²) in [5, 5.41) is -0.00483. The van der Waals surface area contributed by atoms with Gasteiger partial charge in [-0.3, -0.25) is 13.5 Å². The molecule has 0 aliphatic rings. The van der Waals surface area contributed by atoms with Gasteiger partial charge in [-0.15, -0.1) is 0 Å². The van der Waals surface area contributed by atoms with Crippen LogP contribution in [0.25, 0.3) is 0 Å². The molecule has 3 rings (SSSR count). The quantitative estimate of drug-likeness (QED) is 0.682. The van der Waals surface area contributed by atoms with Crippen molar-refractivity contribution in [2.75, 3.05) is 0 Å². The predicted molar refractivity (Wildman–Crippen MR) is 89.0 cm³/mol. The summed E-state index contributed by atoms with van der Waals surface area (Å²) in [6.45, 7) is 0.409. The van der Waals surface area contributed by atoms with Gasteiger partial charge in [0, 0.05) is 5.56 Å². The maximum absolute atomic E-state index is 12.5. The number of benzene rings is 2. The third-order valence-electron chi connectivity index (χ3n) is 3.23. The maximum atomic E-state index is 12.5. The number of ketones is 1. The molecule has 0 spiro atoms. The predicted octanol–water partition coefficient (Wildman–Crippen LogP) is 3.84. The van der Waals surface area contributed by atoms with Crippen molar-refractivity contribution in [2.45, 2.75) is 6.54 Å². The van der Waals surface area contributed by atoms with Crippen LogP contribution in [0.15, 0.2) is 65.5 Å². The topological polar surface area (TPSA) is 39.1 Å². The van der Waals surface area contributed by atoms with E-state index in [1.54, 1.807) is 24.3 Å². The van der Waals surface area contributed by atoms with Gasteiger partial charge in [0.15, 0.2) is 0 Å². The molecule has 1 aromatic heterocycles. The second-order valence-corrected chi connectivity index (χ2v) is 6.17. The molecule has 110 valence electrons. The van der Waals surface area contributed by atoms with E-state index >= 15 is 0 Å². The number of carbonyl (C=O) groups is 1. The van der Waals surface area contributed by atoms with Crippen LogP contribution in [0.3, 0.4) is 0 Å². The van der Waals surface area contributed by atoms with E-state index in [2.05, 4.69) is 0 Å². The molecule has 3 aromatic rings. The third-order valence-corrected chi connectivity index (χ3v) is 4.78. The van der Waals surface area contributed by atoms with Gasteiger partial charge in [0.05, 0.1) is 6.54 Å². The smallest absolute Gasteiger partial charge is 0.280 e. The van der Waals surface area contributed by atoms with Crippen LogP contribution in [0.2, 0.25) is 5.02 Å². The third kappa shape index (κ3) is 2.89. The lowest BCUT2D eigenvalue weighted by atomic mass is 10.1. The van der Waals surface area contributed by atoms with Crippen molar-refractivity contribution in [3.05, 3.63) is 92.0 Å². The van der Waals surface area contributed by atoms with E-state index in [0.29, 0.717) is 12.1 Å². The highest BCUT2D eigenvalue weighted by Gasteiger charge is 2.20. The van der Waals surface area contributed by atoms with Gasteiger partial charge in [0.1, 0.15) is 9.90 Å². The minimum Gasteiger partial charge on any atom is -0.288 e. The van der Waals surface area contributed by atoms with E-state index in [1.165, 1.54) is 3.96 Å². The number of aromatic nitrogens is 1. The van der Waals surface area contributed by atoms with Gasteiger partial charge < -0.3 is 0 Å². The van der Waals surface area contributed by atoms with E-state index in [1.807, 2.05) is 36.4 Å². The first kappa shape index (κ1) is 14.8. The lowest BCUT2D eigenvalue weighted by Crippen LogP contribution is -2.14. The first-order valence-corrected chi connectivity index (χ1v) is 7.85. The first-order valence-electron chi connectivity index (χ1n) is 6.70. The SMILES string of the molecule is O=C(c1ccccc1)c1sn(Cc2ccccc2)c(=O)c1Cl. The van der Waals surface area contributed by atoms with Crippen LogP contribution in [-0.4, -0.2) is 9.74 Å². The van der Waals surface area contributed by atoms with Crippen molar-refractivity contribution in [1.82, 2.24) is 3.96 Å². The number of halogens is 1. The molecule has 0 saturated heterocycles. The Bertz CT molecular complexity index is 853. The van der Waals surface area contributed by atoms with E-state index in [9.17, 15) is 9.59 Å². The van der Waals surface area contributed by atoms with Gasteiger partial charge >= 0.3 is 0 Å². The summed E-state index contributed by atoms with van der Waals surface area (Å²) in [5.74, 6) is -0.223. The molecule has 0 unspecified atom stereocenters. The van der Waals surface area contributed by atoms with Gasteiger partial charge in [-0.1, -0.05) is 83.8 Å². The summed E-state index contributed by atoms with van der Waals surface area (Å²) < 4.78 is 1.51. The Morgan fingerprint density at radius 3 is 2.23 bits per heavy atom. The molecule has 22 heavy (non-hydrogen) atoms. The Morgan fingerprint density at radius 1 is 1.00 bits per heavy atom. The standard InChI is InChI=1S/C17H12ClNO2S/c18-14-16(15(20)13-9-5-2-6-10-13)22-19(17(14)21)11-12-7-3-1-4-8-12/h1-10H,11H2. The Hall–Kier alpha value is -2.17. The van der Waals surface area contributed by atoms with Crippen LogP contribution >= 0.6 is 23.1 Å². The molecule has 0 atom stereocenters. The van der Waals surface area contributed by atoms with Gasteiger partial charge in [0.2, 0.25) is 5.78 Å². The number of nitrogens with zero attached hydrogens (tertiary/aromatic N) is 1. The highest BCUT2D eigenvalue weighted by molar-refractivity contribution is 7.09. The molecule has 0 bridgehead atoms. The van der Waals surface area contributed by atoms with E-state index < -0.39 is 0 Å². The molecule has 0 aliphatic carbocycles. The largest absolute Gasteiger partial charge is 0.288 e. The van der Waals surface area contributed by atoms with Crippen molar-refractivity contribution in [3.8, 4) is 0 Å². The summed E-state index contributed by atoms with van der Waals surface area (Å²) in [6, 6.07) is 18.4. The van der Waals surface area contributed by atoms with Crippen molar-refractivity contribution in [3.63, 3.8) is 0 Å². The molecular weight excluding hydrogens is 318 g/mol. The van der Waals surface area contributed by atoms with Gasteiger partial charge in [-0.25, -0.2) is 0 Å². The van der Waals surface area contributed by atoms with Crippen LogP contribution in [-0.2, 0) is 6.54 Å².